The van der Waals surface area contributed by atoms with Gasteiger partial charge < -0.3 is 4.74 Å². The maximum absolute atomic E-state index is 5.55. The minimum Gasteiger partial charge on any atom is -0.380 e. The fourth-order valence-corrected chi connectivity index (χ4v) is 2.40. The third-order valence-corrected chi connectivity index (χ3v) is 3.00. The van der Waals surface area contributed by atoms with Crippen LogP contribution in [-0.2, 0) is 4.74 Å². The molecule has 2 atom stereocenters. The zero-order valence-electron chi connectivity index (χ0n) is 8.97. The van der Waals surface area contributed by atoms with Crippen LogP contribution in [0.25, 0.3) is 0 Å². The molecule has 0 amide bonds. The minimum absolute atomic E-state index is 0.356. The molecule has 0 aromatic heterocycles. The fraction of sp³-hybridized carbons (Fsp3) is 0.833. The highest BCUT2D eigenvalue weighted by Crippen LogP contribution is 2.32. The summed E-state index contributed by atoms with van der Waals surface area (Å²) in [6, 6.07) is 0. The van der Waals surface area contributed by atoms with E-state index in [-0.39, 0.29) is 0 Å². The van der Waals surface area contributed by atoms with E-state index in [1.54, 1.807) is 0 Å². The Kier molecular flexibility index (Phi) is 4.32. The zero-order valence-corrected chi connectivity index (χ0v) is 8.97. The molecule has 1 fully saturated rings. The molecular weight excluding hydrogens is 160 g/mol. The first-order valence-corrected chi connectivity index (χ1v) is 5.24. The van der Waals surface area contributed by atoms with Crippen LogP contribution < -0.4 is 0 Å². The SMILES string of the molecule is CC#C[C@H](C)[C@H](OC)C1CCCC1. The molecule has 1 nitrogen and oxygen atoms in total. The molecule has 0 bridgehead atoms. The summed E-state index contributed by atoms with van der Waals surface area (Å²) in [5.74, 6) is 7.31. The van der Waals surface area contributed by atoms with Crippen LogP contribution in [0.2, 0.25) is 0 Å². The maximum Gasteiger partial charge on any atom is 0.0734 e. The van der Waals surface area contributed by atoms with Crippen molar-refractivity contribution in [3.63, 3.8) is 0 Å². The molecular formula is C12H20O. The van der Waals surface area contributed by atoms with Crippen molar-refractivity contribution < 1.29 is 4.74 Å². The summed E-state index contributed by atoms with van der Waals surface area (Å²) in [7, 11) is 1.82. The van der Waals surface area contributed by atoms with E-state index in [2.05, 4.69) is 18.8 Å². The molecule has 0 spiro atoms. The quantitative estimate of drug-likeness (QED) is 0.607. The summed E-state index contributed by atoms with van der Waals surface area (Å²) >= 11 is 0. The van der Waals surface area contributed by atoms with Gasteiger partial charge in [0.1, 0.15) is 0 Å². The summed E-state index contributed by atoms with van der Waals surface area (Å²) in [6.45, 7) is 4.07. The smallest absolute Gasteiger partial charge is 0.0734 e. The van der Waals surface area contributed by atoms with Gasteiger partial charge in [-0.05, 0) is 32.6 Å². The Bertz CT molecular complexity index is 193. The molecule has 13 heavy (non-hydrogen) atoms. The highest BCUT2D eigenvalue weighted by atomic mass is 16.5. The molecule has 1 aliphatic rings. The molecule has 1 rings (SSSR count). The Morgan fingerprint density at radius 1 is 1.31 bits per heavy atom. The van der Waals surface area contributed by atoms with Crippen LogP contribution >= 0.6 is 0 Å². The number of methoxy groups -OCH3 is 1. The third kappa shape index (κ3) is 2.74. The van der Waals surface area contributed by atoms with Gasteiger partial charge in [0.25, 0.3) is 0 Å². The summed E-state index contributed by atoms with van der Waals surface area (Å²) in [5, 5.41) is 0. The lowest BCUT2D eigenvalue weighted by Crippen LogP contribution is -2.27. The third-order valence-electron chi connectivity index (χ3n) is 3.00. The average Bonchev–Trinajstić information content (AvgIpc) is 2.59. The van der Waals surface area contributed by atoms with Gasteiger partial charge in [-0.15, -0.1) is 5.92 Å². The van der Waals surface area contributed by atoms with E-state index in [1.165, 1.54) is 25.7 Å². The van der Waals surface area contributed by atoms with Gasteiger partial charge in [-0.3, -0.25) is 0 Å². The van der Waals surface area contributed by atoms with Gasteiger partial charge in [0, 0.05) is 13.0 Å². The summed E-state index contributed by atoms with van der Waals surface area (Å²) in [5.41, 5.74) is 0. The normalized spacial score (nSPS) is 22.1. The molecule has 74 valence electrons. The van der Waals surface area contributed by atoms with Crippen LogP contribution in [0.3, 0.4) is 0 Å². The monoisotopic (exact) mass is 180 g/mol. The molecule has 0 aromatic carbocycles. The number of ether oxygens (including phenoxy) is 1. The second-order valence-electron chi connectivity index (χ2n) is 3.93. The van der Waals surface area contributed by atoms with Crippen LogP contribution in [0.1, 0.15) is 39.5 Å². The van der Waals surface area contributed by atoms with Crippen LogP contribution in [0.4, 0.5) is 0 Å². The summed E-state index contributed by atoms with van der Waals surface area (Å²) in [6.07, 6.45) is 5.76. The lowest BCUT2D eigenvalue weighted by Gasteiger charge is -2.24. The fourth-order valence-electron chi connectivity index (χ4n) is 2.40. The molecule has 1 aliphatic carbocycles. The van der Waals surface area contributed by atoms with Crippen molar-refractivity contribution in [2.75, 3.05) is 7.11 Å². The maximum atomic E-state index is 5.55. The predicted molar refractivity (Wildman–Crippen MR) is 55.4 cm³/mol. The van der Waals surface area contributed by atoms with E-state index in [4.69, 9.17) is 4.74 Å². The summed E-state index contributed by atoms with van der Waals surface area (Å²) < 4.78 is 5.55. The van der Waals surface area contributed by atoms with Crippen molar-refractivity contribution in [3.05, 3.63) is 0 Å². The van der Waals surface area contributed by atoms with E-state index in [0.29, 0.717) is 12.0 Å². The van der Waals surface area contributed by atoms with Gasteiger partial charge in [-0.25, -0.2) is 0 Å². The highest BCUT2D eigenvalue weighted by molar-refractivity contribution is 5.03. The Balaban J connectivity index is 2.52. The topological polar surface area (TPSA) is 9.23 Å². The largest absolute Gasteiger partial charge is 0.380 e. The van der Waals surface area contributed by atoms with Crippen molar-refractivity contribution in [1.82, 2.24) is 0 Å². The Morgan fingerprint density at radius 2 is 1.92 bits per heavy atom. The van der Waals surface area contributed by atoms with Gasteiger partial charge in [-0.1, -0.05) is 18.8 Å². The van der Waals surface area contributed by atoms with E-state index < -0.39 is 0 Å². The average molecular weight is 180 g/mol. The minimum atomic E-state index is 0.356. The van der Waals surface area contributed by atoms with E-state index in [1.807, 2.05) is 14.0 Å². The van der Waals surface area contributed by atoms with Crippen molar-refractivity contribution in [1.29, 1.82) is 0 Å². The molecule has 0 unspecified atom stereocenters. The second-order valence-corrected chi connectivity index (χ2v) is 3.93. The molecule has 0 N–H and O–H groups in total. The van der Waals surface area contributed by atoms with Crippen molar-refractivity contribution in [2.45, 2.75) is 45.6 Å². The molecule has 0 aliphatic heterocycles. The summed E-state index contributed by atoms with van der Waals surface area (Å²) in [4.78, 5) is 0. The van der Waals surface area contributed by atoms with E-state index >= 15 is 0 Å². The standard InChI is InChI=1S/C12H20O/c1-4-7-10(2)12(13-3)11-8-5-6-9-11/h10-12H,5-6,8-9H2,1-3H3/t10-,12-/m0/s1. The second kappa shape index (κ2) is 5.29. The first-order valence-electron chi connectivity index (χ1n) is 5.24. The molecule has 1 heteroatoms. The van der Waals surface area contributed by atoms with Gasteiger partial charge in [0.05, 0.1) is 6.10 Å². The molecule has 0 aromatic rings. The van der Waals surface area contributed by atoms with Crippen LogP contribution in [-0.4, -0.2) is 13.2 Å². The zero-order chi connectivity index (χ0) is 9.68. The van der Waals surface area contributed by atoms with E-state index in [0.717, 1.165) is 5.92 Å². The van der Waals surface area contributed by atoms with Gasteiger partial charge in [-0.2, -0.15) is 0 Å². The Hall–Kier alpha value is -0.480. The molecule has 1 saturated carbocycles. The lowest BCUT2D eigenvalue weighted by molar-refractivity contribution is 0.0304. The van der Waals surface area contributed by atoms with Gasteiger partial charge >= 0.3 is 0 Å². The molecule has 0 radical (unpaired) electrons. The Morgan fingerprint density at radius 3 is 2.38 bits per heavy atom. The van der Waals surface area contributed by atoms with E-state index in [9.17, 15) is 0 Å². The molecule has 0 saturated heterocycles. The Labute approximate surface area is 81.9 Å². The molecule has 0 heterocycles. The first-order chi connectivity index (χ1) is 6.29. The van der Waals surface area contributed by atoms with Crippen LogP contribution in [0.15, 0.2) is 0 Å². The number of hydrogen-bond donors (Lipinski definition) is 0. The van der Waals surface area contributed by atoms with Crippen molar-refractivity contribution in [3.8, 4) is 11.8 Å². The van der Waals surface area contributed by atoms with Crippen molar-refractivity contribution in [2.24, 2.45) is 11.8 Å². The number of hydrogen-bond acceptors (Lipinski definition) is 1. The first kappa shape index (κ1) is 10.6. The predicted octanol–water partition coefficient (Wildman–Crippen LogP) is 2.85. The van der Waals surface area contributed by atoms with Gasteiger partial charge in [0.15, 0.2) is 0 Å². The van der Waals surface area contributed by atoms with Gasteiger partial charge in [0.2, 0.25) is 0 Å². The van der Waals surface area contributed by atoms with Crippen LogP contribution in [0.5, 0.6) is 0 Å². The number of rotatable bonds is 3. The lowest BCUT2D eigenvalue weighted by atomic mass is 9.91. The van der Waals surface area contributed by atoms with Crippen molar-refractivity contribution >= 4 is 0 Å². The van der Waals surface area contributed by atoms with Crippen LogP contribution in [0, 0.1) is 23.7 Å². The highest BCUT2D eigenvalue weighted by Gasteiger charge is 2.28.